The summed E-state index contributed by atoms with van der Waals surface area (Å²) in [6.45, 7) is 1.82. The van der Waals surface area contributed by atoms with E-state index in [9.17, 15) is 9.59 Å². The van der Waals surface area contributed by atoms with Crippen LogP contribution >= 0.6 is 0 Å². The van der Waals surface area contributed by atoms with Gasteiger partial charge in [-0.25, -0.2) is 4.79 Å². The van der Waals surface area contributed by atoms with Crippen molar-refractivity contribution in [1.82, 2.24) is 5.32 Å². The summed E-state index contributed by atoms with van der Waals surface area (Å²) in [5, 5.41) is 2.65. The Bertz CT molecular complexity index is 376. The van der Waals surface area contributed by atoms with Gasteiger partial charge in [0.2, 0.25) is 5.91 Å². The van der Waals surface area contributed by atoms with Gasteiger partial charge in [0.1, 0.15) is 6.04 Å². The Morgan fingerprint density at radius 2 is 1.94 bits per heavy atom. The van der Waals surface area contributed by atoms with Crippen molar-refractivity contribution in [3.63, 3.8) is 0 Å². The molecule has 1 N–H and O–H groups in total. The van der Waals surface area contributed by atoms with Crippen LogP contribution in [0.3, 0.4) is 0 Å². The Morgan fingerprint density at radius 1 is 1.29 bits per heavy atom. The number of ether oxygens (including phenoxy) is 1. The molecule has 0 heterocycles. The Morgan fingerprint density at radius 3 is 2.47 bits per heavy atom. The first-order valence-electron chi connectivity index (χ1n) is 5.58. The van der Waals surface area contributed by atoms with Crippen LogP contribution in [0.1, 0.15) is 18.9 Å². The second-order valence-corrected chi connectivity index (χ2v) is 3.71. The minimum atomic E-state index is -0.559. The average molecular weight is 235 g/mol. The SMILES string of the molecule is CCC(NC(=O)Cc1ccccc1)C(=O)OC. The lowest BCUT2D eigenvalue weighted by Crippen LogP contribution is -2.41. The molecule has 0 aliphatic carbocycles. The molecule has 0 bridgehead atoms. The number of esters is 1. The number of carbonyl (C=O) groups is 2. The predicted octanol–water partition coefficient (Wildman–Crippen LogP) is 1.30. The van der Waals surface area contributed by atoms with E-state index in [1.807, 2.05) is 37.3 Å². The topological polar surface area (TPSA) is 55.4 Å². The third-order valence-corrected chi connectivity index (χ3v) is 2.44. The van der Waals surface area contributed by atoms with Crippen molar-refractivity contribution in [2.75, 3.05) is 7.11 Å². The van der Waals surface area contributed by atoms with Crippen LogP contribution in [0, 0.1) is 0 Å². The molecule has 0 spiro atoms. The van der Waals surface area contributed by atoms with E-state index in [1.165, 1.54) is 7.11 Å². The van der Waals surface area contributed by atoms with Crippen LogP contribution in [-0.2, 0) is 20.7 Å². The van der Waals surface area contributed by atoms with E-state index in [0.717, 1.165) is 5.56 Å². The summed E-state index contributed by atoms with van der Waals surface area (Å²) in [7, 11) is 1.31. The molecule has 1 amide bonds. The van der Waals surface area contributed by atoms with Crippen LogP contribution < -0.4 is 5.32 Å². The average Bonchev–Trinajstić information content (AvgIpc) is 2.36. The molecule has 0 fully saturated rings. The molecule has 1 aromatic carbocycles. The normalized spacial score (nSPS) is 11.6. The highest BCUT2D eigenvalue weighted by atomic mass is 16.5. The number of rotatable bonds is 5. The summed E-state index contributed by atoms with van der Waals surface area (Å²) in [6, 6.07) is 8.83. The summed E-state index contributed by atoms with van der Waals surface area (Å²) in [4.78, 5) is 23.0. The monoisotopic (exact) mass is 235 g/mol. The van der Waals surface area contributed by atoms with E-state index < -0.39 is 12.0 Å². The zero-order chi connectivity index (χ0) is 12.7. The minimum Gasteiger partial charge on any atom is -0.467 e. The van der Waals surface area contributed by atoms with Crippen LogP contribution in [0.5, 0.6) is 0 Å². The van der Waals surface area contributed by atoms with Gasteiger partial charge in [0.05, 0.1) is 13.5 Å². The van der Waals surface area contributed by atoms with Crippen LogP contribution in [0.25, 0.3) is 0 Å². The molecule has 0 aliphatic rings. The highest BCUT2D eigenvalue weighted by molar-refractivity contribution is 5.85. The van der Waals surface area contributed by atoms with Crippen molar-refractivity contribution in [2.45, 2.75) is 25.8 Å². The molecule has 0 aliphatic heterocycles. The van der Waals surface area contributed by atoms with E-state index in [4.69, 9.17) is 0 Å². The van der Waals surface area contributed by atoms with Gasteiger partial charge in [-0.1, -0.05) is 37.3 Å². The third-order valence-electron chi connectivity index (χ3n) is 2.44. The molecule has 1 atom stereocenters. The molecule has 17 heavy (non-hydrogen) atoms. The van der Waals surface area contributed by atoms with Crippen molar-refractivity contribution >= 4 is 11.9 Å². The van der Waals surface area contributed by atoms with Gasteiger partial charge < -0.3 is 10.1 Å². The minimum absolute atomic E-state index is 0.173. The van der Waals surface area contributed by atoms with Crippen LogP contribution in [0.4, 0.5) is 0 Å². The molecule has 4 nitrogen and oxygen atoms in total. The number of benzene rings is 1. The van der Waals surface area contributed by atoms with Gasteiger partial charge in [0.25, 0.3) is 0 Å². The van der Waals surface area contributed by atoms with Gasteiger partial charge in [-0.05, 0) is 12.0 Å². The number of amides is 1. The van der Waals surface area contributed by atoms with Crippen molar-refractivity contribution in [3.05, 3.63) is 35.9 Å². The maximum absolute atomic E-state index is 11.7. The second kappa shape index (κ2) is 6.68. The van der Waals surface area contributed by atoms with Crippen LogP contribution in [0.2, 0.25) is 0 Å². The molecule has 0 aromatic heterocycles. The molecular weight excluding hydrogens is 218 g/mol. The molecule has 4 heteroatoms. The molecular formula is C13H17NO3. The van der Waals surface area contributed by atoms with E-state index in [-0.39, 0.29) is 12.3 Å². The Hall–Kier alpha value is -1.84. The first-order valence-corrected chi connectivity index (χ1v) is 5.58. The number of carbonyl (C=O) groups excluding carboxylic acids is 2. The van der Waals surface area contributed by atoms with E-state index in [1.54, 1.807) is 0 Å². The van der Waals surface area contributed by atoms with Gasteiger partial charge in [-0.3, -0.25) is 4.79 Å². The molecule has 0 saturated carbocycles. The second-order valence-electron chi connectivity index (χ2n) is 3.71. The molecule has 0 saturated heterocycles. The maximum Gasteiger partial charge on any atom is 0.328 e. The first-order chi connectivity index (χ1) is 8.17. The van der Waals surface area contributed by atoms with Crippen molar-refractivity contribution < 1.29 is 14.3 Å². The summed E-state index contributed by atoms with van der Waals surface area (Å²) >= 11 is 0. The van der Waals surface area contributed by atoms with Gasteiger partial charge in [-0.15, -0.1) is 0 Å². The van der Waals surface area contributed by atoms with Gasteiger partial charge >= 0.3 is 5.97 Å². The first kappa shape index (κ1) is 13.2. The zero-order valence-corrected chi connectivity index (χ0v) is 10.1. The summed E-state index contributed by atoms with van der Waals surface area (Å²) in [6.07, 6.45) is 0.793. The zero-order valence-electron chi connectivity index (χ0n) is 10.1. The molecule has 0 radical (unpaired) electrons. The molecule has 1 aromatic rings. The fourth-order valence-electron chi connectivity index (χ4n) is 1.50. The fraction of sp³-hybridized carbons (Fsp3) is 0.385. The standard InChI is InChI=1S/C13H17NO3/c1-3-11(13(16)17-2)14-12(15)9-10-7-5-4-6-8-10/h4-8,11H,3,9H2,1-2H3,(H,14,15). The molecule has 92 valence electrons. The quantitative estimate of drug-likeness (QED) is 0.782. The lowest BCUT2D eigenvalue weighted by Gasteiger charge is -2.14. The van der Waals surface area contributed by atoms with E-state index in [2.05, 4.69) is 10.1 Å². The van der Waals surface area contributed by atoms with Crippen LogP contribution in [-0.4, -0.2) is 25.0 Å². The lowest BCUT2D eigenvalue weighted by atomic mass is 10.1. The van der Waals surface area contributed by atoms with Crippen LogP contribution in [0.15, 0.2) is 30.3 Å². The molecule has 1 rings (SSSR count). The molecule has 1 unspecified atom stereocenters. The smallest absolute Gasteiger partial charge is 0.328 e. The summed E-state index contributed by atoms with van der Waals surface area (Å²) < 4.78 is 4.60. The van der Waals surface area contributed by atoms with E-state index in [0.29, 0.717) is 6.42 Å². The third kappa shape index (κ3) is 4.26. The van der Waals surface area contributed by atoms with Crippen molar-refractivity contribution in [3.8, 4) is 0 Å². The summed E-state index contributed by atoms with van der Waals surface area (Å²) in [5.74, 6) is -0.581. The van der Waals surface area contributed by atoms with E-state index >= 15 is 0 Å². The predicted molar refractivity (Wildman–Crippen MR) is 64.4 cm³/mol. The van der Waals surface area contributed by atoms with Crippen molar-refractivity contribution in [2.24, 2.45) is 0 Å². The number of nitrogens with one attached hydrogen (secondary N) is 1. The lowest BCUT2D eigenvalue weighted by molar-refractivity contribution is -0.145. The number of methoxy groups -OCH3 is 1. The highest BCUT2D eigenvalue weighted by Gasteiger charge is 2.18. The highest BCUT2D eigenvalue weighted by Crippen LogP contribution is 2.01. The Labute approximate surface area is 101 Å². The largest absolute Gasteiger partial charge is 0.467 e. The van der Waals surface area contributed by atoms with Gasteiger partial charge in [0, 0.05) is 0 Å². The Kier molecular flexibility index (Phi) is 5.20. The van der Waals surface area contributed by atoms with Gasteiger partial charge in [0.15, 0.2) is 0 Å². The fourth-order valence-corrected chi connectivity index (χ4v) is 1.50. The van der Waals surface area contributed by atoms with Gasteiger partial charge in [-0.2, -0.15) is 0 Å². The van der Waals surface area contributed by atoms with Crippen molar-refractivity contribution in [1.29, 1.82) is 0 Å². The number of hydrogen-bond acceptors (Lipinski definition) is 3. The number of hydrogen-bond donors (Lipinski definition) is 1. The Balaban J connectivity index is 2.51. The summed E-state index contributed by atoms with van der Waals surface area (Å²) in [5.41, 5.74) is 0.921. The maximum atomic E-state index is 11.7.